The third-order valence-electron chi connectivity index (χ3n) is 4.55. The fourth-order valence-corrected chi connectivity index (χ4v) is 3.00. The van der Waals surface area contributed by atoms with E-state index >= 15 is 0 Å². The van der Waals surface area contributed by atoms with Gasteiger partial charge in [0.05, 0.1) is 11.9 Å². The zero-order chi connectivity index (χ0) is 23.0. The standard InChI is InChI=1S/C21H15F6N3O/c1-12-5-3-4-6-14(12)15-7-8-28-11-16(15)30(2)19(31)13-9-17(20(22,23)24)29-18(10-13)21(25,26)27/h3-11H,1-2H3. The van der Waals surface area contributed by atoms with E-state index in [1.807, 2.05) is 19.1 Å². The summed E-state index contributed by atoms with van der Waals surface area (Å²) < 4.78 is 78.5. The highest BCUT2D eigenvalue weighted by Crippen LogP contribution is 2.35. The zero-order valence-electron chi connectivity index (χ0n) is 16.2. The second-order valence-electron chi connectivity index (χ2n) is 6.69. The highest BCUT2D eigenvalue weighted by Gasteiger charge is 2.39. The van der Waals surface area contributed by atoms with Crippen LogP contribution in [0.4, 0.5) is 32.0 Å². The number of rotatable bonds is 3. The molecule has 0 atom stereocenters. The molecule has 3 aromatic rings. The number of aryl methyl sites for hydroxylation is 1. The minimum absolute atomic E-state index is 0.223. The van der Waals surface area contributed by atoms with Crippen LogP contribution in [0.25, 0.3) is 11.1 Å². The van der Waals surface area contributed by atoms with Gasteiger partial charge in [0.25, 0.3) is 5.91 Å². The van der Waals surface area contributed by atoms with Crippen molar-refractivity contribution in [2.75, 3.05) is 11.9 Å². The Kier molecular flexibility index (Phi) is 5.75. The second-order valence-corrected chi connectivity index (χ2v) is 6.69. The maximum Gasteiger partial charge on any atom is 0.433 e. The second kappa shape index (κ2) is 8.01. The van der Waals surface area contributed by atoms with E-state index in [1.54, 1.807) is 18.2 Å². The summed E-state index contributed by atoms with van der Waals surface area (Å²) in [6.07, 6.45) is -7.53. The normalized spacial score (nSPS) is 12.0. The molecule has 0 aliphatic rings. The van der Waals surface area contributed by atoms with Crippen molar-refractivity contribution in [1.82, 2.24) is 9.97 Å². The number of amides is 1. The molecule has 1 aromatic carbocycles. The number of aromatic nitrogens is 2. The molecule has 3 rings (SSSR count). The Balaban J connectivity index is 2.10. The fourth-order valence-electron chi connectivity index (χ4n) is 3.00. The van der Waals surface area contributed by atoms with E-state index in [2.05, 4.69) is 9.97 Å². The molecule has 0 spiro atoms. The highest BCUT2D eigenvalue weighted by atomic mass is 19.4. The number of halogens is 6. The van der Waals surface area contributed by atoms with Crippen LogP contribution in [0.15, 0.2) is 54.9 Å². The molecule has 0 unspecified atom stereocenters. The summed E-state index contributed by atoms with van der Waals surface area (Å²) in [6, 6.07) is 9.40. The molecule has 0 N–H and O–H groups in total. The fraction of sp³-hybridized carbons (Fsp3) is 0.190. The van der Waals surface area contributed by atoms with Crippen molar-refractivity contribution < 1.29 is 31.1 Å². The highest BCUT2D eigenvalue weighted by molar-refractivity contribution is 6.07. The predicted octanol–water partition coefficient (Wildman–Crippen LogP) is 5.77. The number of carbonyl (C=O) groups excluding carboxylic acids is 1. The summed E-state index contributed by atoms with van der Waals surface area (Å²) in [5.74, 6) is -1.07. The topological polar surface area (TPSA) is 46.1 Å². The summed E-state index contributed by atoms with van der Waals surface area (Å²) in [4.78, 5) is 20.4. The predicted molar refractivity (Wildman–Crippen MR) is 101 cm³/mol. The molecule has 0 saturated heterocycles. The minimum Gasteiger partial charge on any atom is -0.309 e. The van der Waals surface area contributed by atoms with E-state index in [1.165, 1.54) is 19.4 Å². The molecule has 0 aliphatic carbocycles. The van der Waals surface area contributed by atoms with Crippen LogP contribution in [0.3, 0.4) is 0 Å². The van der Waals surface area contributed by atoms with Gasteiger partial charge in [-0.15, -0.1) is 0 Å². The molecule has 0 radical (unpaired) electrons. The number of benzene rings is 1. The molecule has 162 valence electrons. The summed E-state index contributed by atoms with van der Waals surface area (Å²) in [5.41, 5.74) is -2.03. The van der Waals surface area contributed by atoms with E-state index in [-0.39, 0.29) is 5.69 Å². The first kappa shape index (κ1) is 22.3. The first-order valence-electron chi connectivity index (χ1n) is 8.84. The Labute approximate surface area is 173 Å². The summed E-state index contributed by atoms with van der Waals surface area (Å²) >= 11 is 0. The molecule has 0 bridgehead atoms. The van der Waals surface area contributed by atoms with Gasteiger partial charge >= 0.3 is 12.4 Å². The van der Waals surface area contributed by atoms with Crippen molar-refractivity contribution >= 4 is 11.6 Å². The molecule has 0 fully saturated rings. The lowest BCUT2D eigenvalue weighted by molar-refractivity contribution is -0.150. The number of anilines is 1. The number of hydrogen-bond donors (Lipinski definition) is 0. The van der Waals surface area contributed by atoms with Crippen molar-refractivity contribution in [2.45, 2.75) is 19.3 Å². The third kappa shape index (κ3) is 4.68. The van der Waals surface area contributed by atoms with E-state index in [0.717, 1.165) is 16.0 Å². The van der Waals surface area contributed by atoms with E-state index < -0.39 is 35.2 Å². The Hall–Kier alpha value is -3.43. The number of nitrogens with zero attached hydrogens (tertiary/aromatic N) is 3. The van der Waals surface area contributed by atoms with Crippen molar-refractivity contribution in [3.63, 3.8) is 0 Å². The lowest BCUT2D eigenvalue weighted by Crippen LogP contribution is -2.28. The first-order chi connectivity index (χ1) is 14.4. The largest absolute Gasteiger partial charge is 0.433 e. The Bertz CT molecular complexity index is 1090. The molecule has 1 amide bonds. The average molecular weight is 439 g/mol. The van der Waals surface area contributed by atoms with Crippen molar-refractivity contribution in [3.8, 4) is 11.1 Å². The lowest BCUT2D eigenvalue weighted by atomic mass is 9.99. The van der Waals surface area contributed by atoms with Gasteiger partial charge in [-0.25, -0.2) is 4.98 Å². The van der Waals surface area contributed by atoms with Crippen LogP contribution in [-0.4, -0.2) is 22.9 Å². The summed E-state index contributed by atoms with van der Waals surface area (Å²) in [7, 11) is 1.25. The van der Waals surface area contributed by atoms with Gasteiger partial charge in [0.2, 0.25) is 0 Å². The van der Waals surface area contributed by atoms with Crippen molar-refractivity contribution in [2.24, 2.45) is 0 Å². The van der Waals surface area contributed by atoms with E-state index in [9.17, 15) is 31.1 Å². The number of alkyl halides is 6. The Morgan fingerprint density at radius 1 is 0.903 bits per heavy atom. The van der Waals surface area contributed by atoms with E-state index in [0.29, 0.717) is 17.7 Å². The Morgan fingerprint density at radius 2 is 1.48 bits per heavy atom. The van der Waals surface area contributed by atoms with E-state index in [4.69, 9.17) is 0 Å². The molecule has 4 nitrogen and oxygen atoms in total. The summed E-state index contributed by atoms with van der Waals surface area (Å²) in [6.45, 7) is 1.83. The lowest BCUT2D eigenvalue weighted by Gasteiger charge is -2.22. The van der Waals surface area contributed by atoms with Crippen LogP contribution < -0.4 is 4.90 Å². The van der Waals surface area contributed by atoms with Crippen LogP contribution >= 0.6 is 0 Å². The first-order valence-corrected chi connectivity index (χ1v) is 8.84. The molecule has 10 heteroatoms. The van der Waals surface area contributed by atoms with Gasteiger partial charge in [0.15, 0.2) is 0 Å². The zero-order valence-corrected chi connectivity index (χ0v) is 16.2. The van der Waals surface area contributed by atoms with Gasteiger partial charge < -0.3 is 4.90 Å². The average Bonchev–Trinajstić information content (AvgIpc) is 2.71. The van der Waals surface area contributed by atoms with Crippen LogP contribution in [0.5, 0.6) is 0 Å². The van der Waals surface area contributed by atoms with Gasteiger partial charge in [-0.2, -0.15) is 26.3 Å². The van der Waals surface area contributed by atoms with Gasteiger partial charge in [0, 0.05) is 24.4 Å². The van der Waals surface area contributed by atoms with Gasteiger partial charge in [-0.05, 0) is 36.2 Å². The number of carbonyl (C=O) groups is 1. The van der Waals surface area contributed by atoms with Crippen LogP contribution in [0, 0.1) is 6.92 Å². The molecule has 0 saturated carbocycles. The van der Waals surface area contributed by atoms with Gasteiger partial charge in [-0.3, -0.25) is 9.78 Å². The molecular formula is C21H15F6N3O. The summed E-state index contributed by atoms with van der Waals surface area (Å²) in [5, 5.41) is 0. The Morgan fingerprint density at radius 3 is 2.03 bits per heavy atom. The molecular weight excluding hydrogens is 424 g/mol. The number of hydrogen-bond acceptors (Lipinski definition) is 3. The van der Waals surface area contributed by atoms with Crippen molar-refractivity contribution in [1.29, 1.82) is 0 Å². The molecule has 2 heterocycles. The van der Waals surface area contributed by atoms with Crippen molar-refractivity contribution in [3.05, 3.63) is 77.4 Å². The van der Waals surface area contributed by atoms with Crippen LogP contribution in [0.2, 0.25) is 0 Å². The van der Waals surface area contributed by atoms with Crippen LogP contribution in [-0.2, 0) is 12.4 Å². The molecule has 31 heavy (non-hydrogen) atoms. The molecule has 2 aromatic heterocycles. The minimum atomic E-state index is -5.16. The maximum atomic E-state index is 13.1. The smallest absolute Gasteiger partial charge is 0.309 e. The molecule has 0 aliphatic heterocycles. The SMILES string of the molecule is Cc1ccccc1-c1ccncc1N(C)C(=O)c1cc(C(F)(F)F)nc(C(F)(F)F)c1. The third-order valence-corrected chi connectivity index (χ3v) is 4.55. The quantitative estimate of drug-likeness (QED) is 0.487. The van der Waals surface area contributed by atoms with Gasteiger partial charge in [0.1, 0.15) is 11.4 Å². The van der Waals surface area contributed by atoms with Gasteiger partial charge in [-0.1, -0.05) is 24.3 Å². The maximum absolute atomic E-state index is 13.1. The van der Waals surface area contributed by atoms with Crippen LogP contribution in [0.1, 0.15) is 27.3 Å². The number of pyridine rings is 2. The monoisotopic (exact) mass is 439 g/mol.